The number of rotatable bonds is 3. The van der Waals surface area contributed by atoms with Gasteiger partial charge in [-0.15, -0.1) is 0 Å². The zero-order valence-corrected chi connectivity index (χ0v) is 15.0. The van der Waals surface area contributed by atoms with Gasteiger partial charge in [0.1, 0.15) is 11.6 Å². The zero-order valence-electron chi connectivity index (χ0n) is 15.0. The third-order valence-electron chi connectivity index (χ3n) is 5.94. The van der Waals surface area contributed by atoms with E-state index in [-0.39, 0.29) is 11.8 Å². The van der Waals surface area contributed by atoms with Gasteiger partial charge in [-0.1, -0.05) is 19.8 Å². The Kier molecular flexibility index (Phi) is 4.32. The molecule has 2 saturated heterocycles. The van der Waals surface area contributed by atoms with Gasteiger partial charge in [0.25, 0.3) is 5.91 Å². The molecule has 3 fully saturated rings. The van der Waals surface area contributed by atoms with Crippen molar-refractivity contribution in [3.05, 3.63) is 0 Å². The molecule has 1 saturated carbocycles. The van der Waals surface area contributed by atoms with Crippen LogP contribution < -0.4 is 5.32 Å². The van der Waals surface area contributed by atoms with Crippen molar-refractivity contribution in [2.45, 2.75) is 57.2 Å². The van der Waals surface area contributed by atoms with E-state index in [1.807, 2.05) is 14.1 Å². The SMILES string of the molecule is C[C@@H]1CN(C(=O)[C@H](C)N2C(=O)NC3(CCCC3)C2=O)C[C@@H]1N(C)C. The van der Waals surface area contributed by atoms with E-state index >= 15 is 0 Å². The summed E-state index contributed by atoms with van der Waals surface area (Å²) in [6.45, 7) is 5.11. The first-order chi connectivity index (χ1) is 11.3. The third-order valence-corrected chi connectivity index (χ3v) is 5.94. The van der Waals surface area contributed by atoms with E-state index in [1.165, 1.54) is 0 Å². The summed E-state index contributed by atoms with van der Waals surface area (Å²) in [5.41, 5.74) is -0.754. The molecule has 134 valence electrons. The number of carbonyl (C=O) groups excluding carboxylic acids is 3. The largest absolute Gasteiger partial charge is 0.339 e. The maximum Gasteiger partial charge on any atom is 0.325 e. The standard InChI is InChI=1S/C17H28N4O3/c1-11-9-20(10-13(11)19(3)4)14(22)12(2)21-15(23)17(18-16(21)24)7-5-6-8-17/h11-13H,5-10H2,1-4H3,(H,18,24)/t11-,12+,13+/m1/s1. The fourth-order valence-electron chi connectivity index (χ4n) is 4.49. The quantitative estimate of drug-likeness (QED) is 0.768. The van der Waals surface area contributed by atoms with Gasteiger partial charge in [-0.2, -0.15) is 0 Å². The van der Waals surface area contributed by atoms with Crippen molar-refractivity contribution in [3.63, 3.8) is 0 Å². The number of urea groups is 1. The molecule has 3 aliphatic rings. The van der Waals surface area contributed by atoms with Crippen molar-refractivity contribution >= 4 is 17.8 Å². The summed E-state index contributed by atoms with van der Waals surface area (Å²) >= 11 is 0. The topological polar surface area (TPSA) is 73.0 Å². The van der Waals surface area contributed by atoms with E-state index in [1.54, 1.807) is 11.8 Å². The van der Waals surface area contributed by atoms with E-state index in [4.69, 9.17) is 0 Å². The molecule has 0 aromatic heterocycles. The van der Waals surface area contributed by atoms with Crippen molar-refractivity contribution in [1.82, 2.24) is 20.0 Å². The van der Waals surface area contributed by atoms with Crippen LogP contribution in [-0.4, -0.2) is 77.4 Å². The number of nitrogens with zero attached hydrogens (tertiary/aromatic N) is 3. The normalized spacial score (nSPS) is 30.5. The lowest BCUT2D eigenvalue weighted by atomic mass is 9.97. The van der Waals surface area contributed by atoms with E-state index in [0.717, 1.165) is 17.7 Å². The summed E-state index contributed by atoms with van der Waals surface area (Å²) in [5, 5.41) is 2.85. The van der Waals surface area contributed by atoms with Crippen LogP contribution in [0.2, 0.25) is 0 Å². The van der Waals surface area contributed by atoms with Crippen molar-refractivity contribution in [1.29, 1.82) is 0 Å². The summed E-state index contributed by atoms with van der Waals surface area (Å²) in [4.78, 5) is 43.1. The highest BCUT2D eigenvalue weighted by Crippen LogP contribution is 2.36. The number of nitrogens with one attached hydrogen (secondary N) is 1. The summed E-state index contributed by atoms with van der Waals surface area (Å²) in [5.74, 6) is 0.0208. The van der Waals surface area contributed by atoms with Gasteiger partial charge >= 0.3 is 6.03 Å². The molecule has 7 nitrogen and oxygen atoms in total. The molecular weight excluding hydrogens is 308 g/mol. The van der Waals surface area contributed by atoms with Crippen LogP contribution in [0.3, 0.4) is 0 Å². The Morgan fingerprint density at radius 1 is 1.25 bits per heavy atom. The maximum absolute atomic E-state index is 12.9. The maximum atomic E-state index is 12.9. The van der Waals surface area contributed by atoms with Gasteiger partial charge in [-0.25, -0.2) is 9.69 Å². The lowest BCUT2D eigenvalue weighted by molar-refractivity contribution is -0.142. The molecule has 0 unspecified atom stereocenters. The Bertz CT molecular complexity index is 556. The summed E-state index contributed by atoms with van der Waals surface area (Å²) < 4.78 is 0. The number of carbonyl (C=O) groups is 3. The molecule has 2 aliphatic heterocycles. The summed E-state index contributed by atoms with van der Waals surface area (Å²) in [6.07, 6.45) is 3.24. The highest BCUT2D eigenvalue weighted by atomic mass is 16.2. The smallest absolute Gasteiger partial charge is 0.325 e. The molecule has 4 amide bonds. The number of hydrogen-bond acceptors (Lipinski definition) is 4. The first-order valence-electron chi connectivity index (χ1n) is 8.88. The molecule has 3 atom stereocenters. The van der Waals surface area contributed by atoms with Crippen molar-refractivity contribution in [2.75, 3.05) is 27.2 Å². The Labute approximate surface area is 143 Å². The summed E-state index contributed by atoms with van der Waals surface area (Å²) in [7, 11) is 4.03. The van der Waals surface area contributed by atoms with Crippen molar-refractivity contribution in [2.24, 2.45) is 5.92 Å². The number of likely N-dealkylation sites (N-methyl/N-ethyl adjacent to an activating group) is 1. The highest BCUT2D eigenvalue weighted by Gasteiger charge is 2.55. The average molecular weight is 336 g/mol. The van der Waals surface area contributed by atoms with Crippen LogP contribution in [0.25, 0.3) is 0 Å². The average Bonchev–Trinajstić information content (AvgIpc) is 3.19. The van der Waals surface area contributed by atoms with Crippen molar-refractivity contribution < 1.29 is 14.4 Å². The minimum Gasteiger partial charge on any atom is -0.339 e. The lowest BCUT2D eigenvalue weighted by Gasteiger charge is -2.27. The first-order valence-corrected chi connectivity index (χ1v) is 8.88. The van der Waals surface area contributed by atoms with Crippen LogP contribution in [0.5, 0.6) is 0 Å². The zero-order chi connectivity index (χ0) is 17.6. The molecule has 24 heavy (non-hydrogen) atoms. The monoisotopic (exact) mass is 336 g/mol. The second kappa shape index (κ2) is 6.02. The Hall–Kier alpha value is -1.63. The Balaban J connectivity index is 1.72. The van der Waals surface area contributed by atoms with E-state index in [0.29, 0.717) is 37.9 Å². The molecule has 0 aromatic rings. The van der Waals surface area contributed by atoms with Crippen LogP contribution in [0, 0.1) is 5.92 Å². The van der Waals surface area contributed by atoms with Crippen LogP contribution in [-0.2, 0) is 9.59 Å². The molecular formula is C17H28N4O3. The lowest BCUT2D eigenvalue weighted by Crippen LogP contribution is -2.51. The molecule has 0 bridgehead atoms. The van der Waals surface area contributed by atoms with Gasteiger partial charge in [0, 0.05) is 19.1 Å². The molecule has 2 heterocycles. The predicted molar refractivity (Wildman–Crippen MR) is 89.3 cm³/mol. The van der Waals surface area contributed by atoms with Gasteiger partial charge in [0.2, 0.25) is 5.91 Å². The minimum absolute atomic E-state index is 0.134. The minimum atomic E-state index is -0.754. The van der Waals surface area contributed by atoms with Gasteiger partial charge < -0.3 is 15.1 Å². The summed E-state index contributed by atoms with van der Waals surface area (Å²) in [6, 6.07) is -0.852. The second-order valence-corrected chi connectivity index (χ2v) is 7.82. The Morgan fingerprint density at radius 2 is 1.88 bits per heavy atom. The second-order valence-electron chi connectivity index (χ2n) is 7.82. The van der Waals surface area contributed by atoms with Gasteiger partial charge in [-0.05, 0) is 39.8 Å². The van der Waals surface area contributed by atoms with Crippen molar-refractivity contribution in [3.8, 4) is 0 Å². The number of imide groups is 1. The molecule has 7 heteroatoms. The first kappa shape index (κ1) is 17.2. The van der Waals surface area contributed by atoms with E-state index in [2.05, 4.69) is 17.1 Å². The molecule has 1 aliphatic carbocycles. The van der Waals surface area contributed by atoms with Crippen LogP contribution in [0.4, 0.5) is 4.79 Å². The molecule has 0 aromatic carbocycles. The van der Waals surface area contributed by atoms with E-state index in [9.17, 15) is 14.4 Å². The fourth-order valence-corrected chi connectivity index (χ4v) is 4.49. The fraction of sp³-hybridized carbons (Fsp3) is 0.824. The van der Waals surface area contributed by atoms with Gasteiger partial charge in [0.15, 0.2) is 0 Å². The van der Waals surface area contributed by atoms with Gasteiger partial charge in [0.05, 0.1) is 0 Å². The van der Waals surface area contributed by atoms with E-state index < -0.39 is 17.6 Å². The molecule has 1 N–H and O–H groups in total. The van der Waals surface area contributed by atoms with Crippen LogP contribution >= 0.6 is 0 Å². The third kappa shape index (κ3) is 2.59. The number of likely N-dealkylation sites (tertiary alicyclic amines) is 1. The van der Waals surface area contributed by atoms with Crippen LogP contribution in [0.1, 0.15) is 39.5 Å². The molecule has 3 rings (SSSR count). The predicted octanol–water partition coefficient (Wildman–Crippen LogP) is 0.648. The number of amides is 4. The molecule has 1 spiro atoms. The number of hydrogen-bond donors (Lipinski definition) is 1. The van der Waals surface area contributed by atoms with Gasteiger partial charge in [-0.3, -0.25) is 9.59 Å². The Morgan fingerprint density at radius 3 is 2.42 bits per heavy atom. The van der Waals surface area contributed by atoms with Crippen LogP contribution in [0.15, 0.2) is 0 Å². The highest BCUT2D eigenvalue weighted by molar-refractivity contribution is 6.10. The molecule has 0 radical (unpaired) electrons.